The number of hydrogen-bond donors (Lipinski definition) is 1. The largest absolute Gasteiger partial charge is 0.354 e. The summed E-state index contributed by atoms with van der Waals surface area (Å²) in [5, 5.41) is 4.93. The molecule has 0 heterocycles. The van der Waals surface area contributed by atoms with E-state index in [0.29, 0.717) is 44.4 Å². The Morgan fingerprint density at radius 2 is 1.41 bits per heavy atom. The van der Waals surface area contributed by atoms with Crippen LogP contribution < -0.4 is 5.32 Å². The fraction of sp³-hybridized carbons (Fsp3) is 0.286. The average molecular weight is 598 g/mol. The van der Waals surface area contributed by atoms with Crippen LogP contribution in [-0.2, 0) is 28.3 Å². The van der Waals surface area contributed by atoms with Gasteiger partial charge in [-0.2, -0.15) is 0 Å². The maximum atomic E-state index is 13.7. The lowest BCUT2D eigenvalue weighted by atomic mass is 10.0. The van der Waals surface area contributed by atoms with Gasteiger partial charge in [0.15, 0.2) is 0 Å². The van der Waals surface area contributed by atoms with E-state index in [2.05, 4.69) is 5.32 Å². The molecule has 3 rings (SSSR count). The standard InChI is InChI=1S/C28H28Cl4N2O2S/c1-2-14-33-28(36)26(15-19-8-4-3-5-9-19)34(16-20-22(29)10-6-11-23(20)30)27(35)18-37-17-21-24(31)12-7-13-25(21)32/h3-13,26H,2,14-18H2,1H3,(H,33,36)/t26-/m1/s1. The van der Waals surface area contributed by atoms with Crippen molar-refractivity contribution in [3.05, 3.63) is 104 Å². The molecule has 9 heteroatoms. The van der Waals surface area contributed by atoms with Crippen LogP contribution in [0.3, 0.4) is 0 Å². The Labute approximate surface area is 242 Å². The first-order valence-corrected chi connectivity index (χ1v) is 14.5. The molecule has 0 aliphatic carbocycles. The molecule has 3 aromatic rings. The minimum Gasteiger partial charge on any atom is -0.354 e. The first-order chi connectivity index (χ1) is 17.8. The molecular weight excluding hydrogens is 570 g/mol. The topological polar surface area (TPSA) is 49.4 Å². The Kier molecular flexibility index (Phi) is 11.9. The molecule has 0 bridgehead atoms. The van der Waals surface area contributed by atoms with Gasteiger partial charge in [-0.25, -0.2) is 0 Å². The monoisotopic (exact) mass is 596 g/mol. The number of carbonyl (C=O) groups excluding carboxylic acids is 2. The molecular formula is C28H28Cl4N2O2S. The number of rotatable bonds is 12. The van der Waals surface area contributed by atoms with E-state index in [4.69, 9.17) is 46.4 Å². The molecule has 0 aliphatic heterocycles. The lowest BCUT2D eigenvalue weighted by Crippen LogP contribution is -2.51. The number of thioether (sulfide) groups is 1. The van der Waals surface area contributed by atoms with Crippen molar-refractivity contribution in [2.24, 2.45) is 0 Å². The summed E-state index contributed by atoms with van der Waals surface area (Å²) in [6.07, 6.45) is 1.13. The van der Waals surface area contributed by atoms with Crippen molar-refractivity contribution >= 4 is 70.0 Å². The SMILES string of the molecule is CCCNC(=O)[C@@H](Cc1ccccc1)N(Cc1c(Cl)cccc1Cl)C(=O)CSCc1c(Cl)cccc1Cl. The van der Waals surface area contributed by atoms with Crippen LogP contribution in [0.5, 0.6) is 0 Å². The van der Waals surface area contributed by atoms with E-state index < -0.39 is 6.04 Å². The molecule has 0 saturated carbocycles. The molecule has 0 aromatic heterocycles. The third kappa shape index (κ3) is 8.56. The zero-order chi connectivity index (χ0) is 26.8. The summed E-state index contributed by atoms with van der Waals surface area (Å²) >= 11 is 26.9. The van der Waals surface area contributed by atoms with Gasteiger partial charge < -0.3 is 10.2 Å². The fourth-order valence-electron chi connectivity index (χ4n) is 3.77. The van der Waals surface area contributed by atoms with Crippen molar-refractivity contribution in [1.29, 1.82) is 0 Å². The molecule has 1 N–H and O–H groups in total. The smallest absolute Gasteiger partial charge is 0.243 e. The molecule has 0 fully saturated rings. The summed E-state index contributed by atoms with van der Waals surface area (Å²) in [5.41, 5.74) is 2.31. The Bertz CT molecular complexity index is 1170. The lowest BCUT2D eigenvalue weighted by Gasteiger charge is -2.32. The van der Waals surface area contributed by atoms with E-state index in [-0.39, 0.29) is 24.1 Å². The van der Waals surface area contributed by atoms with Gasteiger partial charge in [0.1, 0.15) is 6.04 Å². The lowest BCUT2D eigenvalue weighted by molar-refractivity contribution is -0.139. The van der Waals surface area contributed by atoms with Gasteiger partial charge in [0.25, 0.3) is 0 Å². The number of amides is 2. The first kappa shape index (κ1) is 29.7. The Balaban J connectivity index is 1.90. The van der Waals surface area contributed by atoms with Gasteiger partial charge >= 0.3 is 0 Å². The Morgan fingerprint density at radius 1 is 0.838 bits per heavy atom. The van der Waals surface area contributed by atoms with Crippen molar-refractivity contribution in [2.75, 3.05) is 12.3 Å². The van der Waals surface area contributed by atoms with Crippen molar-refractivity contribution in [2.45, 2.75) is 38.1 Å². The maximum Gasteiger partial charge on any atom is 0.243 e. The third-order valence-electron chi connectivity index (χ3n) is 5.74. The van der Waals surface area contributed by atoms with Crippen LogP contribution in [-0.4, -0.2) is 35.1 Å². The second kappa shape index (κ2) is 14.9. The van der Waals surface area contributed by atoms with Crippen LogP contribution in [0.15, 0.2) is 66.7 Å². The molecule has 196 valence electrons. The van der Waals surface area contributed by atoms with Gasteiger partial charge in [-0.3, -0.25) is 9.59 Å². The quantitative estimate of drug-likeness (QED) is 0.233. The summed E-state index contributed by atoms with van der Waals surface area (Å²) < 4.78 is 0. The molecule has 0 aliphatic rings. The zero-order valence-corrected chi connectivity index (χ0v) is 24.2. The number of carbonyl (C=O) groups is 2. The Morgan fingerprint density at radius 3 is 1.97 bits per heavy atom. The predicted molar refractivity (Wildman–Crippen MR) is 157 cm³/mol. The average Bonchev–Trinajstić information content (AvgIpc) is 2.88. The van der Waals surface area contributed by atoms with E-state index in [1.54, 1.807) is 41.3 Å². The van der Waals surface area contributed by atoms with Crippen LogP contribution in [0.4, 0.5) is 0 Å². The van der Waals surface area contributed by atoms with Crippen molar-refractivity contribution in [1.82, 2.24) is 10.2 Å². The number of nitrogens with one attached hydrogen (secondary N) is 1. The highest BCUT2D eigenvalue weighted by atomic mass is 35.5. The van der Waals surface area contributed by atoms with Crippen LogP contribution in [0.1, 0.15) is 30.0 Å². The fourth-order valence-corrected chi connectivity index (χ4v) is 5.93. The van der Waals surface area contributed by atoms with Crippen molar-refractivity contribution < 1.29 is 9.59 Å². The highest BCUT2D eigenvalue weighted by molar-refractivity contribution is 7.99. The van der Waals surface area contributed by atoms with Crippen LogP contribution in [0.2, 0.25) is 20.1 Å². The molecule has 2 amide bonds. The van der Waals surface area contributed by atoms with Crippen molar-refractivity contribution in [3.8, 4) is 0 Å². The van der Waals surface area contributed by atoms with Gasteiger partial charge in [-0.1, -0.05) is 95.8 Å². The molecule has 3 aromatic carbocycles. The second-order valence-corrected chi connectivity index (χ2v) is 11.0. The second-order valence-electron chi connectivity index (χ2n) is 8.41. The summed E-state index contributed by atoms with van der Waals surface area (Å²) in [6, 6.07) is 19.4. The van der Waals surface area contributed by atoms with E-state index in [1.807, 2.05) is 37.3 Å². The zero-order valence-electron chi connectivity index (χ0n) is 20.4. The van der Waals surface area contributed by atoms with Crippen LogP contribution >= 0.6 is 58.2 Å². The maximum absolute atomic E-state index is 13.7. The number of halogens is 4. The molecule has 0 unspecified atom stereocenters. The van der Waals surface area contributed by atoms with E-state index in [1.165, 1.54) is 11.8 Å². The summed E-state index contributed by atoms with van der Waals surface area (Å²) in [6.45, 7) is 2.59. The predicted octanol–water partition coefficient (Wildman–Crippen LogP) is 7.70. The third-order valence-corrected chi connectivity index (χ3v) is 8.10. The van der Waals surface area contributed by atoms with E-state index >= 15 is 0 Å². The minimum atomic E-state index is -0.752. The highest BCUT2D eigenvalue weighted by Gasteiger charge is 2.31. The van der Waals surface area contributed by atoms with E-state index in [0.717, 1.165) is 17.5 Å². The number of hydrogen-bond acceptors (Lipinski definition) is 3. The van der Waals surface area contributed by atoms with Crippen molar-refractivity contribution in [3.63, 3.8) is 0 Å². The number of nitrogens with zero attached hydrogens (tertiary/aromatic N) is 1. The minimum absolute atomic E-state index is 0.0990. The summed E-state index contributed by atoms with van der Waals surface area (Å²) in [4.78, 5) is 28.7. The van der Waals surface area contributed by atoms with Crippen LogP contribution in [0, 0.1) is 0 Å². The molecule has 37 heavy (non-hydrogen) atoms. The molecule has 0 saturated heterocycles. The molecule has 0 spiro atoms. The van der Waals surface area contributed by atoms with Gasteiger partial charge in [-0.15, -0.1) is 11.8 Å². The van der Waals surface area contributed by atoms with E-state index in [9.17, 15) is 9.59 Å². The van der Waals surface area contributed by atoms with Gasteiger partial charge in [-0.05, 0) is 41.8 Å². The van der Waals surface area contributed by atoms with Gasteiger partial charge in [0.2, 0.25) is 11.8 Å². The van der Waals surface area contributed by atoms with Gasteiger partial charge in [0, 0.05) is 50.9 Å². The number of benzene rings is 3. The normalized spacial score (nSPS) is 11.7. The Hall–Kier alpha value is -1.89. The molecule has 4 nitrogen and oxygen atoms in total. The first-order valence-electron chi connectivity index (χ1n) is 11.9. The highest BCUT2D eigenvalue weighted by Crippen LogP contribution is 2.30. The van der Waals surface area contributed by atoms with Gasteiger partial charge in [0.05, 0.1) is 5.75 Å². The summed E-state index contributed by atoms with van der Waals surface area (Å²) in [7, 11) is 0. The molecule has 0 radical (unpaired) electrons. The molecule has 1 atom stereocenters. The summed E-state index contributed by atoms with van der Waals surface area (Å²) in [5.74, 6) is 0.143. The van der Waals surface area contributed by atoms with Crippen LogP contribution in [0.25, 0.3) is 0 Å².